The molecule has 2 N–H and O–H groups in total. The fourth-order valence-electron chi connectivity index (χ4n) is 1.43. The fraction of sp³-hybridized carbons (Fsp3) is 0.400. The number of hydrogen-bond acceptors (Lipinski definition) is 1. The Kier molecular flexibility index (Phi) is 4.16. The standard InChI is InChI=1S/C10H11BrF3N/c1-5(2-3-15)8-6(12)4-7(13)9(11)10(8)14/h4-5H,2-3,15H2,1H3. The Morgan fingerprint density at radius 1 is 1.33 bits per heavy atom. The van der Waals surface area contributed by atoms with Crippen LogP contribution in [0.25, 0.3) is 0 Å². The first kappa shape index (κ1) is 12.5. The third-order valence-electron chi connectivity index (χ3n) is 2.24. The molecule has 0 aliphatic carbocycles. The van der Waals surface area contributed by atoms with Gasteiger partial charge in [-0.15, -0.1) is 0 Å². The molecule has 1 atom stereocenters. The molecular weight excluding hydrogens is 271 g/mol. The summed E-state index contributed by atoms with van der Waals surface area (Å²) in [4.78, 5) is 0. The van der Waals surface area contributed by atoms with Gasteiger partial charge in [0.25, 0.3) is 0 Å². The highest BCUT2D eigenvalue weighted by atomic mass is 79.9. The Labute approximate surface area is 94.6 Å². The summed E-state index contributed by atoms with van der Waals surface area (Å²) >= 11 is 2.74. The number of halogens is 4. The van der Waals surface area contributed by atoms with Crippen LogP contribution in [0.5, 0.6) is 0 Å². The lowest BCUT2D eigenvalue weighted by atomic mass is 9.96. The van der Waals surface area contributed by atoms with E-state index in [2.05, 4.69) is 15.9 Å². The molecule has 0 aliphatic heterocycles. The van der Waals surface area contributed by atoms with E-state index < -0.39 is 17.5 Å². The maximum absolute atomic E-state index is 13.5. The molecule has 0 fully saturated rings. The molecule has 1 aromatic carbocycles. The van der Waals surface area contributed by atoms with Crippen LogP contribution in [0.4, 0.5) is 13.2 Å². The lowest BCUT2D eigenvalue weighted by Gasteiger charge is -2.13. The number of rotatable bonds is 3. The quantitative estimate of drug-likeness (QED) is 0.668. The molecule has 0 saturated heterocycles. The molecule has 0 radical (unpaired) electrons. The van der Waals surface area contributed by atoms with Gasteiger partial charge in [-0.3, -0.25) is 0 Å². The smallest absolute Gasteiger partial charge is 0.146 e. The summed E-state index contributed by atoms with van der Waals surface area (Å²) < 4.78 is 39.4. The van der Waals surface area contributed by atoms with Crippen molar-refractivity contribution >= 4 is 15.9 Å². The minimum Gasteiger partial charge on any atom is -0.330 e. The second-order valence-corrected chi connectivity index (χ2v) is 4.15. The lowest BCUT2D eigenvalue weighted by Crippen LogP contribution is -2.09. The lowest BCUT2D eigenvalue weighted by molar-refractivity contribution is 0.494. The van der Waals surface area contributed by atoms with Gasteiger partial charge in [0.15, 0.2) is 0 Å². The van der Waals surface area contributed by atoms with Gasteiger partial charge in [-0.25, -0.2) is 13.2 Å². The van der Waals surface area contributed by atoms with Crippen LogP contribution in [0.3, 0.4) is 0 Å². The second-order valence-electron chi connectivity index (χ2n) is 3.36. The molecule has 84 valence electrons. The molecule has 15 heavy (non-hydrogen) atoms. The molecule has 1 nitrogen and oxygen atoms in total. The number of hydrogen-bond donors (Lipinski definition) is 1. The zero-order valence-electron chi connectivity index (χ0n) is 8.16. The zero-order chi connectivity index (χ0) is 11.6. The Bertz CT molecular complexity index is 368. The zero-order valence-corrected chi connectivity index (χ0v) is 9.74. The highest BCUT2D eigenvalue weighted by molar-refractivity contribution is 9.10. The van der Waals surface area contributed by atoms with E-state index in [-0.39, 0.29) is 16.0 Å². The first-order chi connectivity index (χ1) is 6.99. The minimum absolute atomic E-state index is 0.117. The van der Waals surface area contributed by atoms with Gasteiger partial charge >= 0.3 is 0 Å². The summed E-state index contributed by atoms with van der Waals surface area (Å²) in [6.45, 7) is 1.98. The van der Waals surface area contributed by atoms with Crippen LogP contribution in [0.1, 0.15) is 24.8 Å². The van der Waals surface area contributed by atoms with Crippen molar-refractivity contribution in [2.75, 3.05) is 6.54 Å². The summed E-state index contributed by atoms with van der Waals surface area (Å²) in [5.74, 6) is -3.05. The second kappa shape index (κ2) is 4.99. The van der Waals surface area contributed by atoms with Crippen LogP contribution in [0.2, 0.25) is 0 Å². The summed E-state index contributed by atoms with van der Waals surface area (Å²) in [6, 6.07) is 0.676. The Morgan fingerprint density at radius 2 is 1.93 bits per heavy atom. The fourth-order valence-corrected chi connectivity index (χ4v) is 1.75. The summed E-state index contributed by atoms with van der Waals surface area (Å²) in [7, 11) is 0. The molecule has 0 aliphatic rings. The predicted octanol–water partition coefficient (Wildman–Crippen LogP) is 3.32. The topological polar surface area (TPSA) is 26.0 Å². The largest absolute Gasteiger partial charge is 0.330 e. The Balaban J connectivity index is 3.23. The normalized spacial score (nSPS) is 12.9. The van der Waals surface area contributed by atoms with Gasteiger partial charge in [0.05, 0.1) is 4.47 Å². The molecular formula is C10H11BrF3N. The van der Waals surface area contributed by atoms with E-state index in [4.69, 9.17) is 5.73 Å². The van der Waals surface area contributed by atoms with Crippen molar-refractivity contribution in [3.63, 3.8) is 0 Å². The van der Waals surface area contributed by atoms with E-state index in [1.165, 1.54) is 0 Å². The van der Waals surface area contributed by atoms with Gasteiger partial charge in [0.1, 0.15) is 17.5 Å². The SMILES string of the molecule is CC(CCN)c1c(F)cc(F)c(Br)c1F. The predicted molar refractivity (Wildman–Crippen MR) is 56.1 cm³/mol. The van der Waals surface area contributed by atoms with Crippen LogP contribution < -0.4 is 5.73 Å². The van der Waals surface area contributed by atoms with Crippen LogP contribution in [-0.4, -0.2) is 6.54 Å². The maximum atomic E-state index is 13.5. The highest BCUT2D eigenvalue weighted by Crippen LogP contribution is 2.31. The van der Waals surface area contributed by atoms with E-state index in [1.54, 1.807) is 6.92 Å². The van der Waals surface area contributed by atoms with Crippen LogP contribution in [0.15, 0.2) is 10.5 Å². The van der Waals surface area contributed by atoms with Gasteiger partial charge < -0.3 is 5.73 Å². The number of benzene rings is 1. The molecule has 1 rings (SSSR count). The van der Waals surface area contributed by atoms with Gasteiger partial charge in [0, 0.05) is 11.6 Å². The molecule has 0 heterocycles. The van der Waals surface area contributed by atoms with Crippen molar-refractivity contribution in [2.24, 2.45) is 5.73 Å². The molecule has 0 aromatic heterocycles. The van der Waals surface area contributed by atoms with Gasteiger partial charge in [0.2, 0.25) is 0 Å². The van der Waals surface area contributed by atoms with Crippen molar-refractivity contribution in [3.05, 3.63) is 33.6 Å². The van der Waals surface area contributed by atoms with Crippen LogP contribution in [-0.2, 0) is 0 Å². The summed E-state index contributed by atoms with van der Waals surface area (Å²) in [5.41, 5.74) is 5.19. The van der Waals surface area contributed by atoms with Crippen molar-refractivity contribution in [1.82, 2.24) is 0 Å². The third-order valence-corrected chi connectivity index (χ3v) is 2.97. The van der Waals surface area contributed by atoms with Crippen LogP contribution in [0, 0.1) is 17.5 Å². The van der Waals surface area contributed by atoms with Gasteiger partial charge in [-0.1, -0.05) is 6.92 Å². The van der Waals surface area contributed by atoms with E-state index in [1.807, 2.05) is 0 Å². The van der Waals surface area contributed by atoms with Crippen molar-refractivity contribution in [3.8, 4) is 0 Å². The summed E-state index contributed by atoms with van der Waals surface area (Å²) in [5, 5.41) is 0. The van der Waals surface area contributed by atoms with Crippen molar-refractivity contribution in [2.45, 2.75) is 19.3 Å². The molecule has 1 unspecified atom stereocenters. The van der Waals surface area contributed by atoms with Crippen LogP contribution >= 0.6 is 15.9 Å². The first-order valence-electron chi connectivity index (χ1n) is 4.52. The van der Waals surface area contributed by atoms with E-state index >= 15 is 0 Å². The molecule has 0 amide bonds. The maximum Gasteiger partial charge on any atom is 0.146 e. The van der Waals surface area contributed by atoms with E-state index in [9.17, 15) is 13.2 Å². The van der Waals surface area contributed by atoms with Gasteiger partial charge in [-0.2, -0.15) is 0 Å². The van der Waals surface area contributed by atoms with Crippen molar-refractivity contribution < 1.29 is 13.2 Å². The van der Waals surface area contributed by atoms with E-state index in [0.29, 0.717) is 19.0 Å². The Hall–Kier alpha value is -0.550. The van der Waals surface area contributed by atoms with Crippen molar-refractivity contribution in [1.29, 1.82) is 0 Å². The first-order valence-corrected chi connectivity index (χ1v) is 5.31. The monoisotopic (exact) mass is 281 g/mol. The molecule has 0 bridgehead atoms. The molecule has 0 spiro atoms. The minimum atomic E-state index is -0.936. The average molecular weight is 282 g/mol. The summed E-state index contributed by atoms with van der Waals surface area (Å²) in [6.07, 6.45) is 0.450. The Morgan fingerprint density at radius 3 is 2.47 bits per heavy atom. The molecule has 0 saturated carbocycles. The molecule has 5 heteroatoms. The number of nitrogens with two attached hydrogens (primary N) is 1. The van der Waals surface area contributed by atoms with E-state index in [0.717, 1.165) is 0 Å². The van der Waals surface area contributed by atoms with Gasteiger partial charge in [-0.05, 0) is 34.8 Å². The third kappa shape index (κ3) is 2.52. The molecule has 1 aromatic rings. The average Bonchev–Trinajstić information content (AvgIpc) is 2.15. The highest BCUT2D eigenvalue weighted by Gasteiger charge is 2.21.